The highest BCUT2D eigenvalue weighted by atomic mass is 16.2. The van der Waals surface area contributed by atoms with Crippen molar-refractivity contribution in [2.45, 2.75) is 40.2 Å². The minimum Gasteiger partial charge on any atom is -0.334 e. The van der Waals surface area contributed by atoms with Crippen molar-refractivity contribution < 1.29 is 4.79 Å². The van der Waals surface area contributed by atoms with Gasteiger partial charge in [-0.1, -0.05) is 48.0 Å². The SMILES string of the molecule is CC(C)=C(C)C(=O)N1CCc2ccc(-n3c(=O)ccc4cnc5ccc(Cc6ccccc6)cc5c43)cc2C1. The van der Waals surface area contributed by atoms with Gasteiger partial charge in [-0.3, -0.25) is 19.1 Å². The molecule has 5 aromatic rings. The van der Waals surface area contributed by atoms with Gasteiger partial charge < -0.3 is 4.90 Å². The number of allylic oxidation sites excluding steroid dienone is 1. The Kier molecular flexibility index (Phi) is 6.35. The fourth-order valence-electron chi connectivity index (χ4n) is 5.46. The summed E-state index contributed by atoms with van der Waals surface area (Å²) in [6, 6.07) is 26.4. The summed E-state index contributed by atoms with van der Waals surface area (Å²) < 4.78 is 1.80. The molecule has 0 unspecified atom stereocenters. The van der Waals surface area contributed by atoms with Gasteiger partial charge in [0.15, 0.2) is 0 Å². The predicted octanol–water partition coefficient (Wildman–Crippen LogP) is 6.37. The standard InChI is InChI=1S/C34H31N3O2/c1-22(2)23(3)34(39)36-16-15-26-10-12-29(19-28(26)21-36)37-32(38)14-11-27-20-35-31-13-9-25(18-30(31)33(27)37)17-24-7-5-4-6-8-24/h4-14,18-20H,15-17,21H2,1-3H3. The molecule has 0 fully saturated rings. The third-order valence-corrected chi connectivity index (χ3v) is 7.85. The van der Waals surface area contributed by atoms with Crippen molar-refractivity contribution in [3.05, 3.63) is 129 Å². The number of amides is 1. The van der Waals surface area contributed by atoms with E-state index in [1.807, 2.05) is 56.1 Å². The highest BCUT2D eigenvalue weighted by molar-refractivity contribution is 6.04. The largest absolute Gasteiger partial charge is 0.334 e. The second-order valence-electron chi connectivity index (χ2n) is 10.6. The molecule has 0 radical (unpaired) electrons. The van der Waals surface area contributed by atoms with Gasteiger partial charge >= 0.3 is 0 Å². The first-order valence-electron chi connectivity index (χ1n) is 13.4. The maximum absolute atomic E-state index is 13.4. The molecule has 0 saturated heterocycles. The maximum atomic E-state index is 13.4. The molecule has 2 aromatic heterocycles. The van der Waals surface area contributed by atoms with Crippen molar-refractivity contribution >= 4 is 27.7 Å². The molecular weight excluding hydrogens is 482 g/mol. The van der Waals surface area contributed by atoms with Gasteiger partial charge in [-0.2, -0.15) is 0 Å². The molecular formula is C34H31N3O2. The molecule has 0 saturated carbocycles. The molecule has 0 atom stereocenters. The van der Waals surface area contributed by atoms with Crippen LogP contribution in [0.15, 0.2) is 101 Å². The fourth-order valence-corrected chi connectivity index (χ4v) is 5.46. The Balaban J connectivity index is 1.47. The summed E-state index contributed by atoms with van der Waals surface area (Å²) in [5, 5.41) is 1.86. The van der Waals surface area contributed by atoms with Crippen LogP contribution in [-0.2, 0) is 24.2 Å². The van der Waals surface area contributed by atoms with Crippen LogP contribution in [0.2, 0.25) is 0 Å². The topological polar surface area (TPSA) is 55.2 Å². The highest BCUT2D eigenvalue weighted by Crippen LogP contribution is 2.29. The summed E-state index contributed by atoms with van der Waals surface area (Å²) in [6.07, 6.45) is 3.45. The van der Waals surface area contributed by atoms with Gasteiger partial charge in [0, 0.05) is 47.4 Å². The van der Waals surface area contributed by atoms with Crippen LogP contribution >= 0.6 is 0 Å². The summed E-state index contributed by atoms with van der Waals surface area (Å²) in [6.45, 7) is 7.08. The average molecular weight is 514 g/mol. The van der Waals surface area contributed by atoms with Gasteiger partial charge in [0.25, 0.3) is 5.56 Å². The highest BCUT2D eigenvalue weighted by Gasteiger charge is 2.23. The molecule has 1 amide bonds. The van der Waals surface area contributed by atoms with E-state index in [2.05, 4.69) is 53.5 Å². The summed E-state index contributed by atoms with van der Waals surface area (Å²) in [5.74, 6) is 0.0800. The van der Waals surface area contributed by atoms with E-state index in [4.69, 9.17) is 0 Å². The normalized spacial score (nSPS) is 12.9. The lowest BCUT2D eigenvalue weighted by molar-refractivity contribution is -0.128. The van der Waals surface area contributed by atoms with Crippen molar-refractivity contribution in [3.8, 4) is 5.69 Å². The first-order chi connectivity index (χ1) is 18.9. The molecule has 3 aromatic carbocycles. The number of aromatic nitrogens is 2. The number of carbonyl (C=O) groups is 1. The number of benzene rings is 3. The van der Waals surface area contributed by atoms with Crippen LogP contribution in [0, 0.1) is 0 Å². The van der Waals surface area contributed by atoms with Crippen molar-refractivity contribution in [2.24, 2.45) is 0 Å². The van der Waals surface area contributed by atoms with Crippen LogP contribution in [0.5, 0.6) is 0 Å². The van der Waals surface area contributed by atoms with Gasteiger partial charge in [-0.15, -0.1) is 0 Å². The van der Waals surface area contributed by atoms with Gasteiger partial charge in [0.1, 0.15) is 0 Å². The summed E-state index contributed by atoms with van der Waals surface area (Å²) in [4.78, 5) is 33.1. The summed E-state index contributed by atoms with van der Waals surface area (Å²) in [7, 11) is 0. The average Bonchev–Trinajstić information content (AvgIpc) is 2.96. The van der Waals surface area contributed by atoms with E-state index in [1.54, 1.807) is 10.6 Å². The van der Waals surface area contributed by atoms with Gasteiger partial charge in [0.2, 0.25) is 5.91 Å². The first-order valence-corrected chi connectivity index (χ1v) is 13.4. The lowest BCUT2D eigenvalue weighted by atomic mass is 9.97. The molecule has 1 aliphatic heterocycles. The summed E-state index contributed by atoms with van der Waals surface area (Å²) >= 11 is 0. The number of pyridine rings is 2. The van der Waals surface area contributed by atoms with E-state index in [1.165, 1.54) is 16.7 Å². The fraction of sp³-hybridized carbons (Fsp3) is 0.206. The third-order valence-electron chi connectivity index (χ3n) is 7.85. The molecule has 5 heteroatoms. The van der Waals surface area contributed by atoms with Crippen LogP contribution < -0.4 is 5.56 Å². The van der Waals surface area contributed by atoms with Crippen LogP contribution in [0.1, 0.15) is 43.0 Å². The van der Waals surface area contributed by atoms with E-state index >= 15 is 0 Å². The molecule has 3 heterocycles. The van der Waals surface area contributed by atoms with Crippen molar-refractivity contribution in [2.75, 3.05) is 6.54 Å². The van der Waals surface area contributed by atoms with Crippen LogP contribution in [0.25, 0.3) is 27.5 Å². The zero-order chi connectivity index (χ0) is 27.1. The third kappa shape index (κ3) is 4.65. The minimum absolute atomic E-state index is 0.0800. The molecule has 6 rings (SSSR count). The quantitative estimate of drug-likeness (QED) is 0.207. The number of hydrogen-bond acceptors (Lipinski definition) is 3. The molecule has 0 N–H and O–H groups in total. The van der Waals surface area contributed by atoms with Crippen LogP contribution in [0.4, 0.5) is 0 Å². The van der Waals surface area contributed by atoms with Crippen LogP contribution in [-0.4, -0.2) is 26.9 Å². The predicted molar refractivity (Wildman–Crippen MR) is 157 cm³/mol. The number of rotatable bonds is 4. The molecule has 0 spiro atoms. The Morgan fingerprint density at radius 2 is 1.69 bits per heavy atom. The Hall–Kier alpha value is -4.51. The smallest absolute Gasteiger partial charge is 0.255 e. The number of carbonyl (C=O) groups excluding carboxylic acids is 1. The molecule has 5 nitrogen and oxygen atoms in total. The van der Waals surface area contributed by atoms with Gasteiger partial charge in [-0.25, -0.2) is 0 Å². The second-order valence-corrected chi connectivity index (χ2v) is 10.6. The van der Waals surface area contributed by atoms with Gasteiger partial charge in [-0.05, 0) is 86.2 Å². The Morgan fingerprint density at radius 1 is 0.872 bits per heavy atom. The maximum Gasteiger partial charge on any atom is 0.255 e. The van der Waals surface area contributed by atoms with Gasteiger partial charge in [0.05, 0.1) is 11.0 Å². The lowest BCUT2D eigenvalue weighted by Gasteiger charge is -2.30. The Bertz CT molecular complexity index is 1830. The molecule has 39 heavy (non-hydrogen) atoms. The van der Waals surface area contributed by atoms with E-state index < -0.39 is 0 Å². The molecule has 1 aliphatic rings. The molecule has 194 valence electrons. The second kappa shape index (κ2) is 9.99. The van der Waals surface area contributed by atoms with Crippen molar-refractivity contribution in [1.82, 2.24) is 14.5 Å². The first kappa shape index (κ1) is 24.8. The number of fused-ring (bicyclic) bond motifs is 4. The van der Waals surface area contributed by atoms with E-state index in [9.17, 15) is 9.59 Å². The van der Waals surface area contributed by atoms with Crippen LogP contribution in [0.3, 0.4) is 0 Å². The minimum atomic E-state index is -0.0902. The monoisotopic (exact) mass is 513 g/mol. The zero-order valence-corrected chi connectivity index (χ0v) is 22.6. The Labute approximate surface area is 228 Å². The van der Waals surface area contributed by atoms with Crippen molar-refractivity contribution in [3.63, 3.8) is 0 Å². The zero-order valence-electron chi connectivity index (χ0n) is 22.6. The number of hydrogen-bond donors (Lipinski definition) is 0. The van der Waals surface area contributed by atoms with Crippen molar-refractivity contribution in [1.29, 1.82) is 0 Å². The van der Waals surface area contributed by atoms with E-state index in [-0.39, 0.29) is 11.5 Å². The Morgan fingerprint density at radius 3 is 2.49 bits per heavy atom. The lowest BCUT2D eigenvalue weighted by Crippen LogP contribution is -2.36. The molecule has 0 aliphatic carbocycles. The summed E-state index contributed by atoms with van der Waals surface area (Å²) in [5.41, 5.74) is 8.96. The molecule has 0 bridgehead atoms. The van der Waals surface area contributed by atoms with E-state index in [0.717, 1.165) is 57.0 Å². The van der Waals surface area contributed by atoms with E-state index in [0.29, 0.717) is 13.1 Å². The number of nitrogens with zero attached hydrogens (tertiary/aromatic N) is 3.